The lowest BCUT2D eigenvalue weighted by atomic mass is 9.90. The maximum atomic E-state index is 13.0. The summed E-state index contributed by atoms with van der Waals surface area (Å²) in [6.07, 6.45) is 8.06. The number of hydrogen-bond donors (Lipinski definition) is 0. The molecule has 0 spiro atoms. The Balaban J connectivity index is 0.000000177. The van der Waals surface area contributed by atoms with Crippen LogP contribution in [0, 0.1) is 0 Å². The van der Waals surface area contributed by atoms with Crippen LogP contribution in [0.15, 0.2) is 146 Å². The van der Waals surface area contributed by atoms with Crippen LogP contribution >= 0.6 is 0 Å². The second kappa shape index (κ2) is 18.8. The van der Waals surface area contributed by atoms with Crippen molar-refractivity contribution in [3.8, 4) is 11.5 Å². The maximum absolute atomic E-state index is 13.0. The lowest BCUT2D eigenvalue weighted by Crippen LogP contribution is -2.10. The predicted molar refractivity (Wildman–Crippen MR) is 226 cm³/mol. The van der Waals surface area contributed by atoms with Crippen molar-refractivity contribution in [2.75, 3.05) is 27.4 Å². The highest BCUT2D eigenvalue weighted by Crippen LogP contribution is 2.30. The van der Waals surface area contributed by atoms with Crippen molar-refractivity contribution in [2.24, 2.45) is 0 Å². The van der Waals surface area contributed by atoms with Crippen molar-refractivity contribution >= 4 is 33.1 Å². The maximum Gasteiger partial charge on any atom is 0.225 e. The average Bonchev–Trinajstić information content (AvgIpc) is 3.74. The molecular formula is C50H48O8. The second-order valence-electron chi connectivity index (χ2n) is 14.4. The Morgan fingerprint density at radius 2 is 0.897 bits per heavy atom. The third-order valence-electron chi connectivity index (χ3n) is 10.6. The minimum atomic E-state index is -0.423. The van der Waals surface area contributed by atoms with Gasteiger partial charge in [-0.1, -0.05) is 111 Å². The number of hydrogen-bond acceptors (Lipinski definition) is 8. The first-order valence-corrected chi connectivity index (χ1v) is 19.6. The monoisotopic (exact) mass is 776 g/mol. The van der Waals surface area contributed by atoms with Crippen LogP contribution in [0.3, 0.4) is 0 Å². The molecule has 0 fully saturated rings. The summed E-state index contributed by atoms with van der Waals surface area (Å²) in [6.45, 7) is 5.13. The molecule has 0 saturated heterocycles. The fourth-order valence-corrected chi connectivity index (χ4v) is 6.99. The lowest BCUT2D eigenvalue weighted by Gasteiger charge is -2.16. The summed E-state index contributed by atoms with van der Waals surface area (Å²) in [5, 5.41) is 4.37. The van der Waals surface area contributed by atoms with Gasteiger partial charge in [-0.25, -0.2) is 0 Å². The van der Waals surface area contributed by atoms with Crippen LogP contribution < -0.4 is 9.47 Å². The summed E-state index contributed by atoms with van der Waals surface area (Å²) < 4.78 is 33.1. The Morgan fingerprint density at radius 1 is 0.517 bits per heavy atom. The topological polar surface area (TPSA) is 89.5 Å². The minimum Gasteiger partial charge on any atom is -0.497 e. The Morgan fingerprint density at radius 3 is 1.29 bits per heavy atom. The molecule has 8 heteroatoms. The number of benzene rings is 6. The van der Waals surface area contributed by atoms with E-state index in [1.165, 1.54) is 0 Å². The first kappa shape index (κ1) is 40.0. The Labute approximate surface area is 339 Å². The van der Waals surface area contributed by atoms with E-state index in [4.69, 9.17) is 28.4 Å². The number of ketones is 2. The van der Waals surface area contributed by atoms with Gasteiger partial charge in [0, 0.05) is 34.1 Å². The van der Waals surface area contributed by atoms with Crippen molar-refractivity contribution in [3.05, 3.63) is 179 Å². The summed E-state index contributed by atoms with van der Waals surface area (Å²) in [6, 6.07) is 39.1. The molecule has 296 valence electrons. The fraction of sp³-hybridized carbons (Fsp3) is 0.240. The van der Waals surface area contributed by atoms with Gasteiger partial charge in [0.1, 0.15) is 11.5 Å². The number of carbonyl (C=O) groups is 2. The molecule has 2 aliphatic heterocycles. The van der Waals surface area contributed by atoms with E-state index in [9.17, 15) is 9.59 Å². The van der Waals surface area contributed by atoms with E-state index in [2.05, 4.69) is 12.1 Å². The molecular weight excluding hydrogens is 729 g/mol. The van der Waals surface area contributed by atoms with Crippen LogP contribution in [0.2, 0.25) is 0 Å². The fourth-order valence-electron chi connectivity index (χ4n) is 6.99. The number of methoxy groups -OCH3 is 2. The zero-order valence-corrected chi connectivity index (χ0v) is 33.3. The lowest BCUT2D eigenvalue weighted by molar-refractivity contribution is -0.102. The van der Waals surface area contributed by atoms with E-state index in [1.54, 1.807) is 26.7 Å². The standard InChI is InChI=1S/2C25H24O4/c2*1-17(20-9-10-22-16-23(27-2)12-11-21(22)15-20)24(26)18-5-7-19(8-6-18)25-28-13-3-4-14-29-25/h2*3,5-13,15-17,25H,4,14H2,1-2H3/t2*17-,25+/m00/s1. The van der Waals surface area contributed by atoms with Crippen molar-refractivity contribution in [3.63, 3.8) is 0 Å². The second-order valence-corrected chi connectivity index (χ2v) is 14.4. The molecule has 0 radical (unpaired) electrons. The van der Waals surface area contributed by atoms with E-state index >= 15 is 0 Å². The van der Waals surface area contributed by atoms with Crippen LogP contribution in [0.5, 0.6) is 11.5 Å². The molecule has 0 aliphatic carbocycles. The van der Waals surface area contributed by atoms with E-state index in [-0.39, 0.29) is 23.4 Å². The molecule has 6 aromatic rings. The van der Waals surface area contributed by atoms with Crippen LogP contribution in [0.25, 0.3) is 21.5 Å². The SMILES string of the molecule is COc1ccc2cc([C@H](C)C(=O)c3ccc([C@@H]4OC=CCCO4)cc3)ccc2c1.COc1ccc2cc([C@H](C)C(=O)c3ccc([C@@H]4OC=CCCO4)cc3)ccc2c1. The van der Waals surface area contributed by atoms with Gasteiger partial charge in [0.05, 0.1) is 40.0 Å². The normalized spacial score (nSPS) is 17.4. The highest BCUT2D eigenvalue weighted by atomic mass is 16.7. The van der Waals surface area contributed by atoms with E-state index in [1.807, 2.05) is 135 Å². The molecule has 2 heterocycles. The van der Waals surface area contributed by atoms with Gasteiger partial charge in [0.15, 0.2) is 11.6 Å². The van der Waals surface area contributed by atoms with Gasteiger partial charge in [0.25, 0.3) is 0 Å². The summed E-state index contributed by atoms with van der Waals surface area (Å²) >= 11 is 0. The van der Waals surface area contributed by atoms with Crippen molar-refractivity contribution < 1.29 is 38.0 Å². The first-order valence-electron chi connectivity index (χ1n) is 19.6. The molecule has 0 bridgehead atoms. The smallest absolute Gasteiger partial charge is 0.225 e. The molecule has 4 atom stereocenters. The summed E-state index contributed by atoms with van der Waals surface area (Å²) in [4.78, 5) is 26.1. The third kappa shape index (κ3) is 9.48. The molecule has 0 unspecified atom stereocenters. The van der Waals surface area contributed by atoms with Gasteiger partial charge in [-0.05, 0) is 81.9 Å². The molecule has 0 aromatic heterocycles. The van der Waals surface area contributed by atoms with Gasteiger partial charge in [-0.3, -0.25) is 9.59 Å². The van der Waals surface area contributed by atoms with Gasteiger partial charge < -0.3 is 28.4 Å². The van der Waals surface area contributed by atoms with Crippen LogP contribution in [-0.4, -0.2) is 39.0 Å². The molecule has 2 aliphatic rings. The van der Waals surface area contributed by atoms with Gasteiger partial charge in [0.2, 0.25) is 12.6 Å². The molecule has 0 saturated carbocycles. The van der Waals surface area contributed by atoms with Crippen LogP contribution in [-0.2, 0) is 18.9 Å². The van der Waals surface area contributed by atoms with Crippen molar-refractivity contribution in [1.29, 1.82) is 0 Å². The Hall–Kier alpha value is -6.22. The molecule has 8 rings (SSSR count). The summed E-state index contributed by atoms with van der Waals surface area (Å²) in [7, 11) is 3.32. The van der Waals surface area contributed by atoms with Gasteiger partial charge >= 0.3 is 0 Å². The van der Waals surface area contributed by atoms with E-state index in [0.717, 1.165) is 68.1 Å². The van der Waals surface area contributed by atoms with E-state index in [0.29, 0.717) is 24.3 Å². The zero-order valence-electron chi connectivity index (χ0n) is 33.3. The summed E-state index contributed by atoms with van der Waals surface area (Å²) in [5.41, 5.74) is 5.16. The van der Waals surface area contributed by atoms with Crippen LogP contribution in [0.1, 0.15) is 94.1 Å². The first-order chi connectivity index (χ1) is 28.3. The predicted octanol–water partition coefficient (Wildman–Crippen LogP) is 11.6. The van der Waals surface area contributed by atoms with Crippen LogP contribution in [0.4, 0.5) is 0 Å². The quantitative estimate of drug-likeness (QED) is 0.127. The largest absolute Gasteiger partial charge is 0.497 e. The minimum absolute atomic E-state index is 0.0898. The Kier molecular flexibility index (Phi) is 13.0. The molecule has 0 N–H and O–H groups in total. The molecule has 8 nitrogen and oxygen atoms in total. The van der Waals surface area contributed by atoms with Crippen molar-refractivity contribution in [1.82, 2.24) is 0 Å². The Bertz CT molecular complexity index is 2240. The highest BCUT2D eigenvalue weighted by molar-refractivity contribution is 6.02. The average molecular weight is 777 g/mol. The van der Waals surface area contributed by atoms with Gasteiger partial charge in [-0.2, -0.15) is 0 Å². The van der Waals surface area contributed by atoms with E-state index < -0.39 is 12.6 Å². The number of rotatable bonds is 10. The molecule has 6 aromatic carbocycles. The number of Topliss-reactive ketones (excluding diaryl/α,β-unsaturated/α-hetero) is 2. The third-order valence-corrected chi connectivity index (χ3v) is 10.6. The number of fused-ring (bicyclic) bond motifs is 2. The number of ether oxygens (including phenoxy) is 6. The molecule has 58 heavy (non-hydrogen) atoms. The summed E-state index contributed by atoms with van der Waals surface area (Å²) in [5.74, 6) is 1.36. The highest BCUT2D eigenvalue weighted by Gasteiger charge is 2.21. The zero-order chi connectivity index (χ0) is 40.4. The molecule has 0 amide bonds. The number of carbonyl (C=O) groups excluding carboxylic acids is 2. The van der Waals surface area contributed by atoms with Crippen molar-refractivity contribution in [2.45, 2.75) is 51.1 Å². The van der Waals surface area contributed by atoms with Gasteiger partial charge in [-0.15, -0.1) is 0 Å².